The van der Waals surface area contributed by atoms with Crippen LogP contribution in [0.1, 0.15) is 23.6 Å². The van der Waals surface area contributed by atoms with Crippen molar-refractivity contribution in [3.8, 4) is 0 Å². The molecule has 0 aliphatic carbocycles. The third-order valence-electron chi connectivity index (χ3n) is 4.83. The van der Waals surface area contributed by atoms with Gasteiger partial charge < -0.3 is 10.2 Å². The molecule has 7 nitrogen and oxygen atoms in total. The Bertz CT molecular complexity index is 953. The van der Waals surface area contributed by atoms with Crippen LogP contribution in [0.3, 0.4) is 0 Å². The van der Waals surface area contributed by atoms with Crippen molar-refractivity contribution in [2.45, 2.75) is 24.9 Å². The lowest BCUT2D eigenvalue weighted by atomic mass is 10.0. The number of hydrogen-bond donors (Lipinski definition) is 2. The molecule has 7 heteroatoms. The molecule has 1 fully saturated rings. The first-order chi connectivity index (χ1) is 12.6. The standard InChI is InChI=1S/C19H19N5O2/c1-24-18(26)9-16(19(24)13-3-2-6-20-10-13)22-17(25)8-12-4-5-15-14(7-12)11-21-23-15/h2-7,10-11,16,19H,8-9H2,1H3,(H,21,23)(H,22,25)/t16-,19+/m1/s1. The summed E-state index contributed by atoms with van der Waals surface area (Å²) in [4.78, 5) is 30.5. The second-order valence-corrected chi connectivity index (χ2v) is 6.58. The lowest BCUT2D eigenvalue weighted by Gasteiger charge is -2.25. The van der Waals surface area contributed by atoms with Crippen LogP contribution in [0.2, 0.25) is 0 Å². The quantitative estimate of drug-likeness (QED) is 0.748. The number of pyridine rings is 1. The van der Waals surface area contributed by atoms with Gasteiger partial charge in [0.1, 0.15) is 0 Å². The van der Waals surface area contributed by atoms with Crippen molar-refractivity contribution in [2.24, 2.45) is 0 Å². The van der Waals surface area contributed by atoms with Crippen LogP contribution in [-0.2, 0) is 16.0 Å². The summed E-state index contributed by atoms with van der Waals surface area (Å²) in [5, 5.41) is 10.9. The maximum atomic E-state index is 12.6. The first kappa shape index (κ1) is 16.3. The van der Waals surface area contributed by atoms with Crippen LogP contribution in [0.15, 0.2) is 48.9 Å². The van der Waals surface area contributed by atoms with E-state index in [0.29, 0.717) is 6.42 Å². The molecule has 2 atom stereocenters. The highest BCUT2D eigenvalue weighted by molar-refractivity contribution is 5.85. The van der Waals surface area contributed by atoms with Crippen LogP contribution in [0.5, 0.6) is 0 Å². The number of carbonyl (C=O) groups is 2. The lowest BCUT2D eigenvalue weighted by molar-refractivity contribution is -0.127. The van der Waals surface area contributed by atoms with Crippen molar-refractivity contribution in [3.63, 3.8) is 0 Å². The summed E-state index contributed by atoms with van der Waals surface area (Å²) < 4.78 is 0. The van der Waals surface area contributed by atoms with Crippen molar-refractivity contribution in [3.05, 3.63) is 60.0 Å². The minimum atomic E-state index is -0.262. The van der Waals surface area contributed by atoms with E-state index in [1.54, 1.807) is 30.5 Å². The van der Waals surface area contributed by atoms with Crippen molar-refractivity contribution < 1.29 is 9.59 Å². The Morgan fingerprint density at radius 2 is 2.23 bits per heavy atom. The summed E-state index contributed by atoms with van der Waals surface area (Å²) >= 11 is 0. The molecular formula is C19H19N5O2. The fourth-order valence-electron chi connectivity index (χ4n) is 3.55. The van der Waals surface area contributed by atoms with E-state index in [0.717, 1.165) is 22.0 Å². The largest absolute Gasteiger partial charge is 0.350 e. The highest BCUT2D eigenvalue weighted by Crippen LogP contribution is 2.31. The minimum absolute atomic E-state index is 0.0176. The third kappa shape index (κ3) is 3.03. The molecule has 2 amide bonds. The Balaban J connectivity index is 1.49. The van der Waals surface area contributed by atoms with Gasteiger partial charge in [0.2, 0.25) is 11.8 Å². The van der Waals surface area contributed by atoms with E-state index >= 15 is 0 Å². The summed E-state index contributed by atoms with van der Waals surface area (Å²) in [6.45, 7) is 0. The summed E-state index contributed by atoms with van der Waals surface area (Å²) in [7, 11) is 1.76. The summed E-state index contributed by atoms with van der Waals surface area (Å²) in [6.07, 6.45) is 5.73. The number of hydrogen-bond acceptors (Lipinski definition) is 4. The number of nitrogens with one attached hydrogen (secondary N) is 2. The number of nitrogens with zero attached hydrogens (tertiary/aromatic N) is 3. The number of benzene rings is 1. The zero-order valence-corrected chi connectivity index (χ0v) is 14.3. The predicted octanol–water partition coefficient (Wildman–Crippen LogP) is 1.59. The van der Waals surface area contributed by atoms with Gasteiger partial charge in [-0.1, -0.05) is 12.1 Å². The molecule has 4 rings (SSSR count). The second-order valence-electron chi connectivity index (χ2n) is 6.58. The zero-order chi connectivity index (χ0) is 18.1. The number of aromatic amines is 1. The van der Waals surface area contributed by atoms with Crippen LogP contribution < -0.4 is 5.32 Å². The van der Waals surface area contributed by atoms with Crippen LogP contribution in [0.4, 0.5) is 0 Å². The van der Waals surface area contributed by atoms with Crippen LogP contribution in [-0.4, -0.2) is 45.0 Å². The van der Waals surface area contributed by atoms with E-state index in [1.165, 1.54) is 0 Å². The highest BCUT2D eigenvalue weighted by atomic mass is 16.2. The van der Waals surface area contributed by atoms with Gasteiger partial charge in [0.05, 0.1) is 30.2 Å². The topological polar surface area (TPSA) is 91.0 Å². The molecule has 0 spiro atoms. The summed E-state index contributed by atoms with van der Waals surface area (Å²) in [5.74, 6) is -0.0844. The molecular weight excluding hydrogens is 330 g/mol. The molecule has 3 aromatic rings. The molecule has 0 bridgehead atoms. The number of rotatable bonds is 4. The minimum Gasteiger partial charge on any atom is -0.350 e. The molecule has 132 valence electrons. The van der Waals surface area contributed by atoms with E-state index in [-0.39, 0.29) is 30.3 Å². The van der Waals surface area contributed by atoms with Gasteiger partial charge in [-0.2, -0.15) is 5.10 Å². The average molecular weight is 349 g/mol. The Hall–Kier alpha value is -3.22. The predicted molar refractivity (Wildman–Crippen MR) is 96.1 cm³/mol. The van der Waals surface area contributed by atoms with Crippen LogP contribution in [0, 0.1) is 0 Å². The molecule has 1 aliphatic rings. The number of aromatic nitrogens is 3. The van der Waals surface area contributed by atoms with Gasteiger partial charge in [0, 0.05) is 31.2 Å². The van der Waals surface area contributed by atoms with Gasteiger partial charge in [0.25, 0.3) is 0 Å². The Labute approximate surface area is 150 Å². The number of carbonyl (C=O) groups excluding carboxylic acids is 2. The summed E-state index contributed by atoms with van der Waals surface area (Å²) in [6, 6.07) is 9.08. The summed E-state index contributed by atoms with van der Waals surface area (Å²) in [5.41, 5.74) is 2.77. The Kier molecular flexibility index (Phi) is 4.12. The number of likely N-dealkylation sites (tertiary alicyclic amines) is 1. The monoisotopic (exact) mass is 349 g/mol. The normalized spacial score (nSPS) is 19.9. The smallest absolute Gasteiger partial charge is 0.225 e. The second kappa shape index (κ2) is 6.59. The van der Waals surface area contributed by atoms with E-state index < -0.39 is 0 Å². The van der Waals surface area contributed by atoms with Crippen molar-refractivity contribution in [1.82, 2.24) is 25.4 Å². The first-order valence-corrected chi connectivity index (χ1v) is 8.49. The van der Waals surface area contributed by atoms with Gasteiger partial charge in [-0.15, -0.1) is 0 Å². The van der Waals surface area contributed by atoms with Crippen molar-refractivity contribution >= 4 is 22.7 Å². The Morgan fingerprint density at radius 3 is 3.04 bits per heavy atom. The van der Waals surface area contributed by atoms with E-state index in [9.17, 15) is 9.59 Å². The van der Waals surface area contributed by atoms with Crippen LogP contribution >= 0.6 is 0 Å². The average Bonchev–Trinajstić information content (AvgIpc) is 3.20. The van der Waals surface area contributed by atoms with E-state index in [4.69, 9.17) is 0 Å². The molecule has 2 N–H and O–H groups in total. The Morgan fingerprint density at radius 1 is 1.35 bits per heavy atom. The lowest BCUT2D eigenvalue weighted by Crippen LogP contribution is -2.39. The fraction of sp³-hybridized carbons (Fsp3) is 0.263. The van der Waals surface area contributed by atoms with Gasteiger partial charge in [-0.3, -0.25) is 19.7 Å². The molecule has 0 unspecified atom stereocenters. The van der Waals surface area contributed by atoms with Gasteiger partial charge >= 0.3 is 0 Å². The fourth-order valence-corrected chi connectivity index (χ4v) is 3.55. The highest BCUT2D eigenvalue weighted by Gasteiger charge is 2.39. The number of H-pyrrole nitrogens is 1. The molecule has 0 radical (unpaired) electrons. The maximum absolute atomic E-state index is 12.6. The molecule has 1 saturated heterocycles. The first-order valence-electron chi connectivity index (χ1n) is 8.49. The zero-order valence-electron chi connectivity index (χ0n) is 14.3. The number of amides is 2. The van der Waals surface area contributed by atoms with Gasteiger partial charge in [0.15, 0.2) is 0 Å². The SMILES string of the molecule is CN1C(=O)C[C@@H](NC(=O)Cc2ccc3[nH]ncc3c2)[C@@H]1c1cccnc1. The van der Waals surface area contributed by atoms with Crippen molar-refractivity contribution in [1.29, 1.82) is 0 Å². The molecule has 2 aromatic heterocycles. The van der Waals surface area contributed by atoms with E-state index in [2.05, 4.69) is 20.5 Å². The molecule has 3 heterocycles. The van der Waals surface area contributed by atoms with Crippen molar-refractivity contribution in [2.75, 3.05) is 7.05 Å². The maximum Gasteiger partial charge on any atom is 0.225 e. The number of fused-ring (bicyclic) bond motifs is 1. The third-order valence-corrected chi connectivity index (χ3v) is 4.83. The molecule has 0 saturated carbocycles. The van der Waals surface area contributed by atoms with Crippen LogP contribution in [0.25, 0.3) is 10.9 Å². The molecule has 1 aliphatic heterocycles. The molecule has 1 aromatic carbocycles. The molecule has 26 heavy (non-hydrogen) atoms. The number of likely N-dealkylation sites (N-methyl/N-ethyl adjacent to an activating group) is 1. The van der Waals surface area contributed by atoms with Gasteiger partial charge in [-0.25, -0.2) is 0 Å². The van der Waals surface area contributed by atoms with E-state index in [1.807, 2.05) is 30.3 Å². The van der Waals surface area contributed by atoms with Gasteiger partial charge in [-0.05, 0) is 29.3 Å².